The summed E-state index contributed by atoms with van der Waals surface area (Å²) in [5, 5.41) is 12.4. The van der Waals surface area contributed by atoms with E-state index in [4.69, 9.17) is 2.74 Å². The minimum Gasteiger partial charge on any atom is -0.484 e. The van der Waals surface area contributed by atoms with Gasteiger partial charge in [-0.1, -0.05) is 47.8 Å². The van der Waals surface area contributed by atoms with E-state index in [9.17, 15) is 23.3 Å². The number of pyridine rings is 2. The van der Waals surface area contributed by atoms with Gasteiger partial charge in [0.15, 0.2) is 16.9 Å². The van der Waals surface area contributed by atoms with Crippen LogP contribution in [0.3, 0.4) is 0 Å². The van der Waals surface area contributed by atoms with Gasteiger partial charge in [-0.15, -0.1) is 0 Å². The standard InChI is InChI=1S/C16H14F3N3OS.C14H12N4O2S/c1-10-13(20-7-6-14(10)23-9-16(17,18)19)8-24-15-21-11-4-2-3-5-12(11)22-15;1-9-12(15-7-6-13(9)18(19)20)8-21-14-16-10-4-2-3-5-11(10)17-14/h2-7H,8-9H2,1H3,(H,21,22);2-7H,8H2,1H3,(H,16,17)/i9D2;. The van der Waals surface area contributed by atoms with Crippen LogP contribution in [0.2, 0.25) is 0 Å². The van der Waals surface area contributed by atoms with Crippen molar-refractivity contribution in [2.75, 3.05) is 6.56 Å². The van der Waals surface area contributed by atoms with E-state index in [1.165, 1.54) is 48.1 Å². The van der Waals surface area contributed by atoms with Crippen LogP contribution in [-0.4, -0.2) is 47.6 Å². The van der Waals surface area contributed by atoms with Crippen LogP contribution in [0.5, 0.6) is 5.75 Å². The fraction of sp³-hybridized carbons (Fsp3) is 0.200. The van der Waals surface area contributed by atoms with Crippen molar-refractivity contribution in [2.24, 2.45) is 0 Å². The average molecular weight is 656 g/mol. The molecule has 4 aromatic heterocycles. The molecule has 0 spiro atoms. The van der Waals surface area contributed by atoms with Gasteiger partial charge in [-0.05, 0) is 44.2 Å². The number of ether oxygens (including phenoxy) is 1. The summed E-state index contributed by atoms with van der Waals surface area (Å²) in [5.74, 6) is 0.688. The van der Waals surface area contributed by atoms with Crippen LogP contribution in [-0.2, 0) is 11.5 Å². The third kappa shape index (κ3) is 8.30. The Kier molecular flexibility index (Phi) is 9.05. The summed E-state index contributed by atoms with van der Waals surface area (Å²) in [6.45, 7) is -0.509. The Hall–Kier alpha value is -4.63. The highest BCUT2D eigenvalue weighted by Crippen LogP contribution is 2.29. The molecule has 10 nitrogen and oxygen atoms in total. The SMILES string of the molecule is Cc1c([N+](=O)[O-])ccnc1CSc1nc2ccccc2[nH]1.[2H]C([2H])(Oc1ccnc(CSc2nc3ccccc3[nH]2)c1C)C(F)(F)F. The number of nitrogens with one attached hydrogen (secondary N) is 2. The molecular formula is C30H26F3N7O3S2. The van der Waals surface area contributed by atoms with Crippen molar-refractivity contribution in [2.45, 2.75) is 41.8 Å². The van der Waals surface area contributed by atoms with Crippen LogP contribution >= 0.6 is 23.5 Å². The van der Waals surface area contributed by atoms with Crippen LogP contribution in [0.25, 0.3) is 22.1 Å². The van der Waals surface area contributed by atoms with E-state index in [0.29, 0.717) is 39.2 Å². The predicted octanol–water partition coefficient (Wildman–Crippen LogP) is 7.97. The normalized spacial score (nSPS) is 12.4. The Morgan fingerprint density at radius 2 is 1.36 bits per heavy atom. The maximum absolute atomic E-state index is 12.7. The molecule has 0 saturated carbocycles. The van der Waals surface area contributed by atoms with E-state index in [-0.39, 0.29) is 16.4 Å². The number of thioether (sulfide) groups is 2. The maximum Gasteiger partial charge on any atom is 0.422 e. The highest BCUT2D eigenvalue weighted by Gasteiger charge is 2.29. The molecule has 15 heteroatoms. The number of fused-ring (bicyclic) bond motifs is 2. The Balaban J connectivity index is 0.000000189. The zero-order chi connectivity index (χ0) is 33.8. The first-order chi connectivity index (χ1) is 22.3. The van der Waals surface area contributed by atoms with Crippen molar-refractivity contribution < 1.29 is 25.6 Å². The van der Waals surface area contributed by atoms with E-state index in [1.807, 2.05) is 48.5 Å². The van der Waals surface area contributed by atoms with Crippen molar-refractivity contribution in [3.63, 3.8) is 0 Å². The second-order valence-corrected chi connectivity index (χ2v) is 11.4. The zero-order valence-electron chi connectivity index (χ0n) is 25.8. The van der Waals surface area contributed by atoms with Crippen molar-refractivity contribution in [3.05, 3.63) is 106 Å². The van der Waals surface area contributed by atoms with E-state index >= 15 is 0 Å². The number of halogens is 3. The zero-order valence-corrected chi connectivity index (χ0v) is 25.4. The fourth-order valence-electron chi connectivity index (χ4n) is 4.11. The molecule has 0 amide bonds. The second-order valence-electron chi connectivity index (χ2n) is 9.44. The molecule has 0 atom stereocenters. The lowest BCUT2D eigenvalue weighted by atomic mass is 10.2. The molecule has 0 fully saturated rings. The molecule has 0 saturated heterocycles. The van der Waals surface area contributed by atoms with E-state index in [1.54, 1.807) is 13.8 Å². The molecule has 0 radical (unpaired) electrons. The second kappa shape index (κ2) is 14.0. The highest BCUT2D eigenvalue weighted by atomic mass is 32.2. The van der Waals surface area contributed by atoms with Crippen LogP contribution in [0.4, 0.5) is 18.9 Å². The topological polar surface area (TPSA) is 136 Å². The predicted molar refractivity (Wildman–Crippen MR) is 167 cm³/mol. The van der Waals surface area contributed by atoms with Crippen molar-refractivity contribution >= 4 is 51.3 Å². The van der Waals surface area contributed by atoms with Gasteiger partial charge in [0, 0.05) is 41.1 Å². The Morgan fingerprint density at radius 1 is 0.844 bits per heavy atom. The van der Waals surface area contributed by atoms with Gasteiger partial charge in [0.05, 0.1) is 41.1 Å². The molecule has 0 aliphatic rings. The van der Waals surface area contributed by atoms with Gasteiger partial charge in [-0.2, -0.15) is 13.2 Å². The Bertz CT molecular complexity index is 1970. The molecule has 0 unspecified atom stereocenters. The molecule has 4 heterocycles. The number of benzene rings is 2. The van der Waals surface area contributed by atoms with E-state index in [2.05, 4.69) is 34.6 Å². The lowest BCUT2D eigenvalue weighted by Gasteiger charge is -2.13. The number of aromatic nitrogens is 6. The minimum absolute atomic E-state index is 0.102. The van der Waals surface area contributed by atoms with Crippen LogP contribution in [0, 0.1) is 24.0 Å². The van der Waals surface area contributed by atoms with Gasteiger partial charge in [0.2, 0.25) is 0 Å². The summed E-state index contributed by atoms with van der Waals surface area (Å²) in [6.07, 6.45) is -2.37. The molecule has 0 aliphatic carbocycles. The number of rotatable bonds is 9. The molecule has 232 valence electrons. The summed E-state index contributed by atoms with van der Waals surface area (Å²) >= 11 is 2.83. The van der Waals surface area contributed by atoms with Crippen LogP contribution < -0.4 is 4.74 Å². The summed E-state index contributed by atoms with van der Waals surface area (Å²) in [7, 11) is 0. The van der Waals surface area contributed by atoms with E-state index < -0.39 is 12.7 Å². The number of nitrogens with zero attached hydrogens (tertiary/aromatic N) is 5. The largest absolute Gasteiger partial charge is 0.484 e. The van der Waals surface area contributed by atoms with Gasteiger partial charge >= 0.3 is 6.18 Å². The first-order valence-corrected chi connectivity index (χ1v) is 15.2. The molecular weight excluding hydrogens is 628 g/mol. The molecule has 0 aliphatic heterocycles. The number of hydrogen-bond acceptors (Lipinski definition) is 9. The first-order valence-electron chi connectivity index (χ1n) is 14.3. The minimum atomic E-state index is -5.13. The van der Waals surface area contributed by atoms with Crippen molar-refractivity contribution in [3.8, 4) is 5.75 Å². The molecule has 2 N–H and O–H groups in total. The van der Waals surface area contributed by atoms with Crippen LogP contribution in [0.15, 0.2) is 83.4 Å². The van der Waals surface area contributed by atoms with Crippen LogP contribution in [0.1, 0.15) is 25.3 Å². The Labute approximate surface area is 266 Å². The van der Waals surface area contributed by atoms with Gasteiger partial charge in [-0.3, -0.25) is 20.1 Å². The van der Waals surface area contributed by atoms with Gasteiger partial charge in [-0.25, -0.2) is 9.97 Å². The highest BCUT2D eigenvalue weighted by molar-refractivity contribution is 7.98. The lowest BCUT2D eigenvalue weighted by molar-refractivity contribution is -0.385. The monoisotopic (exact) mass is 655 g/mol. The number of imidazole rings is 2. The molecule has 0 bridgehead atoms. The number of H-pyrrole nitrogens is 2. The number of aromatic amines is 2. The number of para-hydroxylation sites is 4. The Morgan fingerprint density at radius 3 is 1.87 bits per heavy atom. The van der Waals surface area contributed by atoms with Gasteiger partial charge < -0.3 is 14.7 Å². The third-order valence-corrected chi connectivity index (χ3v) is 8.21. The summed E-state index contributed by atoms with van der Waals surface area (Å²) in [5.41, 5.74) is 5.83. The van der Waals surface area contributed by atoms with Crippen molar-refractivity contribution in [1.29, 1.82) is 0 Å². The molecule has 2 aromatic carbocycles. The summed E-state index contributed by atoms with van der Waals surface area (Å²) in [4.78, 5) is 34.1. The average Bonchev–Trinajstić information content (AvgIpc) is 3.64. The first kappa shape index (κ1) is 29.1. The van der Waals surface area contributed by atoms with E-state index in [0.717, 1.165) is 27.2 Å². The third-order valence-electron chi connectivity index (χ3n) is 6.44. The molecule has 45 heavy (non-hydrogen) atoms. The smallest absolute Gasteiger partial charge is 0.422 e. The van der Waals surface area contributed by atoms with Gasteiger partial charge in [0.25, 0.3) is 5.69 Å². The van der Waals surface area contributed by atoms with Gasteiger partial charge in [0.1, 0.15) is 5.75 Å². The number of hydrogen-bond donors (Lipinski definition) is 2. The number of alkyl halides is 3. The fourth-order valence-corrected chi connectivity index (χ4v) is 5.93. The summed E-state index contributed by atoms with van der Waals surface area (Å²) < 4.78 is 56.8. The number of nitro groups is 1. The summed E-state index contributed by atoms with van der Waals surface area (Å²) in [6, 6.07) is 17.9. The quantitative estimate of drug-likeness (QED) is 0.0903. The maximum atomic E-state index is 12.7. The lowest BCUT2D eigenvalue weighted by Crippen LogP contribution is -2.19. The van der Waals surface area contributed by atoms with Crippen molar-refractivity contribution in [1.82, 2.24) is 29.9 Å². The molecule has 6 aromatic rings. The molecule has 6 rings (SSSR count).